The predicted molar refractivity (Wildman–Crippen MR) is 101 cm³/mol. The molecule has 2 rings (SSSR count). The first-order valence-corrected chi connectivity index (χ1v) is 9.42. The van der Waals surface area contributed by atoms with Crippen LogP contribution >= 0.6 is 0 Å². The number of rotatable bonds is 6. The topological polar surface area (TPSA) is 32.3 Å². The predicted octanol–water partition coefficient (Wildman–Crippen LogP) is 3.91. The molecule has 1 atom stereocenters. The Hall–Kier alpha value is -1.35. The molecule has 0 aromatic heterocycles. The summed E-state index contributed by atoms with van der Waals surface area (Å²) < 4.78 is 0. The molecule has 1 aromatic carbocycles. The molecule has 1 aliphatic heterocycles. The minimum absolute atomic E-state index is 0.195. The summed E-state index contributed by atoms with van der Waals surface area (Å²) in [4.78, 5) is 14.4. The number of carbonyl (C=O) groups is 1. The normalized spacial score (nSPS) is 19.2. The van der Waals surface area contributed by atoms with Gasteiger partial charge in [0.25, 0.3) is 0 Å². The largest absolute Gasteiger partial charge is 0.355 e. The summed E-state index contributed by atoms with van der Waals surface area (Å²) in [6.45, 7) is 8.66. The van der Waals surface area contributed by atoms with E-state index in [-0.39, 0.29) is 11.3 Å². The Balaban J connectivity index is 1.67. The fourth-order valence-electron chi connectivity index (χ4n) is 3.35. The number of carbonyl (C=O) groups excluding carboxylic acids is 1. The number of hydrogen-bond donors (Lipinski definition) is 1. The number of nitrogens with zero attached hydrogens (tertiary/aromatic N) is 1. The molecule has 1 aliphatic rings. The smallest absolute Gasteiger partial charge is 0.220 e. The lowest BCUT2D eigenvalue weighted by Gasteiger charge is -2.32. The Labute approximate surface area is 147 Å². The van der Waals surface area contributed by atoms with Gasteiger partial charge in [0.15, 0.2) is 0 Å². The number of piperidine rings is 1. The van der Waals surface area contributed by atoms with Crippen molar-refractivity contribution in [2.75, 3.05) is 20.1 Å². The lowest BCUT2D eigenvalue weighted by Crippen LogP contribution is -2.44. The fraction of sp³-hybridized carbons (Fsp3) is 0.667. The Morgan fingerprint density at radius 2 is 1.92 bits per heavy atom. The molecule has 0 radical (unpaired) electrons. The number of benzene rings is 1. The minimum Gasteiger partial charge on any atom is -0.355 e. The van der Waals surface area contributed by atoms with Crippen molar-refractivity contribution in [2.45, 2.75) is 70.8 Å². The summed E-state index contributed by atoms with van der Waals surface area (Å²) in [5.41, 5.74) is 2.88. The maximum atomic E-state index is 12.0. The van der Waals surface area contributed by atoms with Gasteiger partial charge in [-0.3, -0.25) is 4.79 Å². The van der Waals surface area contributed by atoms with Gasteiger partial charge in [0.2, 0.25) is 5.91 Å². The Kier molecular flexibility index (Phi) is 6.85. The van der Waals surface area contributed by atoms with Crippen molar-refractivity contribution in [2.24, 2.45) is 0 Å². The van der Waals surface area contributed by atoms with Crippen LogP contribution in [0.3, 0.4) is 0 Å². The van der Waals surface area contributed by atoms with E-state index in [0.29, 0.717) is 12.5 Å². The second-order valence-electron chi connectivity index (χ2n) is 8.23. The zero-order chi connectivity index (χ0) is 17.6. The van der Waals surface area contributed by atoms with Crippen LogP contribution in [0.15, 0.2) is 24.3 Å². The summed E-state index contributed by atoms with van der Waals surface area (Å²) in [5.74, 6) is 0.195. The molecular weight excluding hydrogens is 296 g/mol. The van der Waals surface area contributed by atoms with Gasteiger partial charge >= 0.3 is 0 Å². The zero-order valence-electron chi connectivity index (χ0n) is 15.9. The van der Waals surface area contributed by atoms with Gasteiger partial charge in [-0.25, -0.2) is 0 Å². The summed E-state index contributed by atoms with van der Waals surface area (Å²) in [7, 11) is 2.16. The summed E-state index contributed by atoms with van der Waals surface area (Å²) >= 11 is 0. The second-order valence-corrected chi connectivity index (χ2v) is 8.23. The summed E-state index contributed by atoms with van der Waals surface area (Å²) in [5, 5.41) is 3.12. The van der Waals surface area contributed by atoms with Gasteiger partial charge in [-0.1, -0.05) is 51.5 Å². The van der Waals surface area contributed by atoms with Crippen molar-refractivity contribution >= 4 is 5.91 Å². The molecule has 3 heteroatoms. The van der Waals surface area contributed by atoms with Gasteiger partial charge in [-0.05, 0) is 55.8 Å². The van der Waals surface area contributed by atoms with Gasteiger partial charge in [-0.15, -0.1) is 0 Å². The van der Waals surface area contributed by atoms with Gasteiger partial charge in [0.1, 0.15) is 0 Å². The van der Waals surface area contributed by atoms with Gasteiger partial charge in [-0.2, -0.15) is 0 Å². The van der Waals surface area contributed by atoms with Crippen molar-refractivity contribution in [3.05, 3.63) is 35.4 Å². The van der Waals surface area contributed by atoms with Crippen molar-refractivity contribution in [1.82, 2.24) is 10.2 Å². The monoisotopic (exact) mass is 330 g/mol. The van der Waals surface area contributed by atoms with E-state index in [1.807, 2.05) is 0 Å². The third-order valence-electron chi connectivity index (χ3n) is 5.15. The van der Waals surface area contributed by atoms with Crippen LogP contribution in [0.25, 0.3) is 0 Å². The van der Waals surface area contributed by atoms with E-state index in [2.05, 4.69) is 62.3 Å². The van der Waals surface area contributed by atoms with Crippen LogP contribution in [-0.2, 0) is 16.6 Å². The molecule has 134 valence electrons. The second kappa shape index (κ2) is 8.66. The number of hydrogen-bond acceptors (Lipinski definition) is 2. The average Bonchev–Trinajstić information content (AvgIpc) is 2.54. The maximum absolute atomic E-state index is 12.0. The minimum atomic E-state index is 0.195. The maximum Gasteiger partial charge on any atom is 0.220 e. The highest BCUT2D eigenvalue weighted by atomic mass is 16.1. The standard InChI is InChI=1S/C21H34N2O/c1-21(2,3)18-13-11-17(12-14-18)8-7-10-20(24)22-16-19-9-5-6-15-23(19)4/h11-14,19H,5-10,15-16H2,1-4H3,(H,22,24). The van der Waals surface area contributed by atoms with Crippen LogP contribution in [0.5, 0.6) is 0 Å². The van der Waals surface area contributed by atoms with Crippen molar-refractivity contribution in [1.29, 1.82) is 0 Å². The zero-order valence-corrected chi connectivity index (χ0v) is 15.9. The molecule has 1 saturated heterocycles. The molecule has 1 fully saturated rings. The number of amides is 1. The van der Waals surface area contributed by atoms with E-state index in [4.69, 9.17) is 0 Å². The van der Waals surface area contributed by atoms with E-state index in [9.17, 15) is 4.79 Å². The lowest BCUT2D eigenvalue weighted by molar-refractivity contribution is -0.121. The third-order valence-corrected chi connectivity index (χ3v) is 5.15. The van der Waals surface area contributed by atoms with E-state index in [0.717, 1.165) is 25.9 Å². The van der Waals surface area contributed by atoms with Crippen LogP contribution in [0.4, 0.5) is 0 Å². The first kappa shape index (κ1) is 19.0. The fourth-order valence-corrected chi connectivity index (χ4v) is 3.35. The van der Waals surface area contributed by atoms with Crippen LogP contribution in [0, 0.1) is 0 Å². The van der Waals surface area contributed by atoms with E-state index in [1.165, 1.54) is 30.4 Å². The first-order valence-electron chi connectivity index (χ1n) is 9.42. The van der Waals surface area contributed by atoms with E-state index >= 15 is 0 Å². The Morgan fingerprint density at radius 1 is 1.21 bits per heavy atom. The highest BCUT2D eigenvalue weighted by molar-refractivity contribution is 5.75. The van der Waals surface area contributed by atoms with Gasteiger partial charge in [0.05, 0.1) is 0 Å². The molecule has 0 spiro atoms. The van der Waals surface area contributed by atoms with E-state index in [1.54, 1.807) is 0 Å². The van der Waals surface area contributed by atoms with Crippen LogP contribution in [-0.4, -0.2) is 37.0 Å². The molecule has 1 aromatic rings. The van der Waals surface area contributed by atoms with E-state index < -0.39 is 0 Å². The Morgan fingerprint density at radius 3 is 2.54 bits per heavy atom. The molecule has 1 N–H and O–H groups in total. The molecule has 0 saturated carbocycles. The SMILES string of the molecule is CN1CCCCC1CNC(=O)CCCc1ccc(C(C)(C)C)cc1. The molecule has 1 heterocycles. The quantitative estimate of drug-likeness (QED) is 0.858. The number of likely N-dealkylation sites (tertiary alicyclic amines) is 1. The lowest BCUT2D eigenvalue weighted by atomic mass is 9.86. The molecular formula is C21H34N2O. The summed E-state index contributed by atoms with van der Waals surface area (Å²) in [6, 6.07) is 9.36. The van der Waals surface area contributed by atoms with Crippen molar-refractivity contribution < 1.29 is 4.79 Å². The average molecular weight is 331 g/mol. The number of aryl methyl sites for hydroxylation is 1. The van der Waals surface area contributed by atoms with Crippen LogP contribution < -0.4 is 5.32 Å². The highest BCUT2D eigenvalue weighted by Gasteiger charge is 2.19. The Bertz CT molecular complexity index is 516. The number of likely N-dealkylation sites (N-methyl/N-ethyl adjacent to an activating group) is 1. The van der Waals surface area contributed by atoms with Crippen molar-refractivity contribution in [3.8, 4) is 0 Å². The van der Waals surface area contributed by atoms with Crippen LogP contribution in [0.1, 0.15) is 64.0 Å². The molecule has 0 bridgehead atoms. The number of nitrogens with one attached hydrogen (secondary N) is 1. The van der Waals surface area contributed by atoms with Crippen molar-refractivity contribution in [3.63, 3.8) is 0 Å². The third kappa shape index (κ3) is 5.94. The summed E-state index contributed by atoms with van der Waals surface area (Å²) in [6.07, 6.45) is 6.29. The van der Waals surface area contributed by atoms with Gasteiger partial charge < -0.3 is 10.2 Å². The highest BCUT2D eigenvalue weighted by Crippen LogP contribution is 2.22. The molecule has 1 amide bonds. The molecule has 3 nitrogen and oxygen atoms in total. The molecule has 0 aliphatic carbocycles. The van der Waals surface area contributed by atoms with Crippen LogP contribution in [0.2, 0.25) is 0 Å². The molecule has 24 heavy (non-hydrogen) atoms. The van der Waals surface area contributed by atoms with Gasteiger partial charge in [0, 0.05) is 19.0 Å². The molecule has 1 unspecified atom stereocenters. The first-order chi connectivity index (χ1) is 11.4.